The van der Waals surface area contributed by atoms with E-state index in [4.69, 9.17) is 23.0 Å². The second-order valence-electron chi connectivity index (χ2n) is 13.0. The number of unbranched alkanes of at least 4 members (excludes halogenated alkanes) is 16. The van der Waals surface area contributed by atoms with E-state index in [9.17, 15) is 14.2 Å². The summed E-state index contributed by atoms with van der Waals surface area (Å²) in [7, 11) is 2.13. The standard InChI is InChI=1S/C34H69NO8P.ClH/c1-7-10-12-14-16-18-20-22-24-26-33(36)39-30-32(31-42-44(38,40-9-3)41-29-28-35(4,5)6)43-34(37)27-25-23-21-19-17-15-13-11-8-2;/h32H,7-31H2,1-6H3;1H/q+1;/p-1/t32-,44?;/m1./s1. The summed E-state index contributed by atoms with van der Waals surface area (Å²) in [5.41, 5.74) is 0. The summed E-state index contributed by atoms with van der Waals surface area (Å²) in [6, 6.07) is 0. The molecule has 0 rings (SSSR count). The van der Waals surface area contributed by atoms with Crippen molar-refractivity contribution in [3.8, 4) is 0 Å². The molecule has 0 aromatic rings. The van der Waals surface area contributed by atoms with Gasteiger partial charge in [0.1, 0.15) is 19.8 Å². The Morgan fingerprint density at radius 3 is 1.49 bits per heavy atom. The van der Waals surface area contributed by atoms with Gasteiger partial charge in [0.2, 0.25) is 0 Å². The van der Waals surface area contributed by atoms with Crippen molar-refractivity contribution in [2.45, 2.75) is 155 Å². The van der Waals surface area contributed by atoms with Crippen molar-refractivity contribution in [2.75, 3.05) is 54.1 Å². The Morgan fingerprint density at radius 2 is 1.04 bits per heavy atom. The first-order chi connectivity index (χ1) is 21.0. The van der Waals surface area contributed by atoms with E-state index in [-0.39, 0.29) is 57.2 Å². The predicted octanol–water partition coefficient (Wildman–Crippen LogP) is 6.17. The number of hydrogen-bond acceptors (Lipinski definition) is 8. The Kier molecular flexibility index (Phi) is 31.6. The molecule has 0 N–H and O–H groups in total. The molecule has 11 heteroatoms. The van der Waals surface area contributed by atoms with Gasteiger partial charge >= 0.3 is 19.8 Å². The zero-order valence-corrected chi connectivity index (χ0v) is 31.4. The van der Waals surface area contributed by atoms with Crippen LogP contribution >= 0.6 is 7.82 Å². The molecule has 0 aromatic carbocycles. The van der Waals surface area contributed by atoms with Gasteiger partial charge in [-0.15, -0.1) is 0 Å². The second-order valence-corrected chi connectivity index (χ2v) is 14.6. The minimum atomic E-state index is -3.87. The lowest BCUT2D eigenvalue weighted by atomic mass is 10.1. The van der Waals surface area contributed by atoms with Gasteiger partial charge in [0, 0.05) is 12.8 Å². The van der Waals surface area contributed by atoms with Crippen LogP contribution in [0.5, 0.6) is 0 Å². The zero-order chi connectivity index (χ0) is 32.9. The first kappa shape index (κ1) is 46.4. The quantitative estimate of drug-likeness (QED) is 0.0359. The summed E-state index contributed by atoms with van der Waals surface area (Å²) in [5, 5.41) is 0. The largest absolute Gasteiger partial charge is 1.00 e. The van der Waals surface area contributed by atoms with Crippen LogP contribution in [0.1, 0.15) is 149 Å². The fourth-order valence-corrected chi connectivity index (χ4v) is 5.84. The molecule has 0 radical (unpaired) electrons. The number of hydrogen-bond donors (Lipinski definition) is 0. The first-order valence-electron chi connectivity index (χ1n) is 17.7. The van der Waals surface area contributed by atoms with Crippen molar-refractivity contribution < 1.29 is 54.1 Å². The summed E-state index contributed by atoms with van der Waals surface area (Å²) in [6.45, 7) is 6.65. The minimum absolute atomic E-state index is 0. The van der Waals surface area contributed by atoms with Crippen LogP contribution in [-0.4, -0.2) is 76.6 Å². The van der Waals surface area contributed by atoms with E-state index in [0.29, 0.717) is 17.4 Å². The Hall–Kier alpha value is -0.700. The SMILES string of the molecule is CCCCCCCCCCCC(=O)OC[C@H](COP(=O)(OCC)OCC[N+](C)(C)C)OC(=O)CCCCCCCCCCC.[Cl-]. The number of esters is 2. The molecule has 0 aliphatic rings. The summed E-state index contributed by atoms with van der Waals surface area (Å²) in [4.78, 5) is 25.1. The smallest absolute Gasteiger partial charge is 0.475 e. The maximum absolute atomic E-state index is 13.2. The van der Waals surface area contributed by atoms with E-state index in [1.807, 2.05) is 21.1 Å². The lowest BCUT2D eigenvalue weighted by molar-refractivity contribution is -0.870. The molecule has 0 heterocycles. The summed E-state index contributed by atoms with van der Waals surface area (Å²) < 4.78 is 41.3. The van der Waals surface area contributed by atoms with Gasteiger partial charge in [-0.1, -0.05) is 117 Å². The number of nitrogens with zero attached hydrogens (tertiary/aromatic N) is 1. The third-order valence-corrected chi connectivity index (χ3v) is 8.95. The molecule has 0 aromatic heterocycles. The number of quaternary nitrogens is 1. The van der Waals surface area contributed by atoms with Crippen molar-refractivity contribution in [1.29, 1.82) is 0 Å². The van der Waals surface area contributed by atoms with Crippen molar-refractivity contribution >= 4 is 19.8 Å². The van der Waals surface area contributed by atoms with Gasteiger partial charge in [-0.25, -0.2) is 4.57 Å². The third kappa shape index (κ3) is 31.7. The molecule has 0 fully saturated rings. The van der Waals surface area contributed by atoms with E-state index in [1.165, 1.54) is 77.0 Å². The number of phosphoric acid groups is 1. The van der Waals surface area contributed by atoms with Crippen molar-refractivity contribution in [2.24, 2.45) is 0 Å². The average Bonchev–Trinajstić information content (AvgIpc) is 2.96. The molecule has 9 nitrogen and oxygen atoms in total. The van der Waals surface area contributed by atoms with Crippen molar-refractivity contribution in [1.82, 2.24) is 0 Å². The molecule has 0 aliphatic heterocycles. The van der Waals surface area contributed by atoms with Crippen molar-refractivity contribution in [3.63, 3.8) is 0 Å². The normalized spacial score (nSPS) is 13.6. The molecule has 0 amide bonds. The molecule has 0 spiro atoms. The zero-order valence-electron chi connectivity index (χ0n) is 29.8. The van der Waals surface area contributed by atoms with Gasteiger partial charge in [-0.05, 0) is 19.8 Å². The number of ether oxygens (including phenoxy) is 2. The van der Waals surface area contributed by atoms with Crippen molar-refractivity contribution in [3.05, 3.63) is 0 Å². The fourth-order valence-electron chi connectivity index (χ4n) is 4.65. The molecule has 1 unspecified atom stereocenters. The topological polar surface area (TPSA) is 97.4 Å². The maximum atomic E-state index is 13.2. The van der Waals surface area contributed by atoms with Gasteiger partial charge in [0.05, 0.1) is 34.4 Å². The second kappa shape index (κ2) is 30.6. The van der Waals surface area contributed by atoms with Crippen LogP contribution in [-0.2, 0) is 37.2 Å². The average molecular weight is 686 g/mol. The van der Waals surface area contributed by atoms with Crippen LogP contribution < -0.4 is 12.4 Å². The van der Waals surface area contributed by atoms with Gasteiger partial charge < -0.3 is 26.4 Å². The molecule has 0 saturated carbocycles. The Bertz CT molecular complexity index is 750. The summed E-state index contributed by atoms with van der Waals surface area (Å²) in [5.74, 6) is -0.714. The Labute approximate surface area is 282 Å². The highest BCUT2D eigenvalue weighted by Crippen LogP contribution is 2.49. The Morgan fingerprint density at radius 1 is 0.600 bits per heavy atom. The van der Waals surface area contributed by atoms with Crippen LogP contribution in [0.15, 0.2) is 0 Å². The van der Waals surface area contributed by atoms with Crippen LogP contribution in [0, 0.1) is 0 Å². The van der Waals surface area contributed by atoms with E-state index >= 15 is 0 Å². The summed E-state index contributed by atoms with van der Waals surface area (Å²) >= 11 is 0. The molecular formula is C34H69ClNO8P. The highest BCUT2D eigenvalue weighted by Gasteiger charge is 2.30. The molecule has 0 bridgehead atoms. The van der Waals surface area contributed by atoms with Gasteiger partial charge in [0.25, 0.3) is 0 Å². The number of likely N-dealkylation sites (N-methyl/N-ethyl adjacent to an activating group) is 1. The van der Waals surface area contributed by atoms with E-state index in [0.717, 1.165) is 38.5 Å². The van der Waals surface area contributed by atoms with Crippen LogP contribution in [0.4, 0.5) is 0 Å². The lowest BCUT2D eigenvalue weighted by Crippen LogP contribution is -3.00. The minimum Gasteiger partial charge on any atom is -1.00 e. The van der Waals surface area contributed by atoms with Gasteiger partial charge in [0.15, 0.2) is 6.10 Å². The van der Waals surface area contributed by atoms with Crippen LogP contribution in [0.25, 0.3) is 0 Å². The Balaban J connectivity index is 0. The number of halogens is 1. The lowest BCUT2D eigenvalue weighted by Gasteiger charge is -2.25. The highest BCUT2D eigenvalue weighted by molar-refractivity contribution is 7.48. The van der Waals surface area contributed by atoms with Crippen LogP contribution in [0.3, 0.4) is 0 Å². The van der Waals surface area contributed by atoms with E-state index < -0.39 is 13.9 Å². The molecule has 0 aliphatic carbocycles. The molecule has 2 atom stereocenters. The van der Waals surface area contributed by atoms with Gasteiger partial charge in [-0.2, -0.15) is 0 Å². The summed E-state index contributed by atoms with van der Waals surface area (Å²) in [6.07, 6.45) is 20.5. The monoisotopic (exact) mass is 685 g/mol. The number of carbonyl (C=O) groups excluding carboxylic acids is 2. The van der Waals surface area contributed by atoms with Gasteiger partial charge in [-0.3, -0.25) is 23.2 Å². The number of carbonyl (C=O) groups is 2. The maximum Gasteiger partial charge on any atom is 0.475 e. The van der Waals surface area contributed by atoms with Crippen LogP contribution in [0.2, 0.25) is 0 Å². The first-order valence-corrected chi connectivity index (χ1v) is 19.2. The van der Waals surface area contributed by atoms with E-state index in [2.05, 4.69) is 13.8 Å². The number of rotatable bonds is 32. The molecule has 45 heavy (non-hydrogen) atoms. The number of phosphoric ester groups is 1. The molecule has 270 valence electrons. The third-order valence-electron chi connectivity index (χ3n) is 7.41. The predicted molar refractivity (Wildman–Crippen MR) is 179 cm³/mol. The highest BCUT2D eigenvalue weighted by atomic mass is 35.5. The molecule has 0 saturated heterocycles. The van der Waals surface area contributed by atoms with E-state index in [1.54, 1.807) is 6.92 Å². The molecular weight excluding hydrogens is 617 g/mol. The fraction of sp³-hybridized carbons (Fsp3) is 0.941.